The van der Waals surface area contributed by atoms with Crippen molar-refractivity contribution in [2.24, 2.45) is 5.41 Å². The summed E-state index contributed by atoms with van der Waals surface area (Å²) < 4.78 is 0. The van der Waals surface area contributed by atoms with Crippen molar-refractivity contribution in [2.45, 2.75) is 52.9 Å². The van der Waals surface area contributed by atoms with E-state index in [4.69, 9.17) is 0 Å². The van der Waals surface area contributed by atoms with Crippen LogP contribution in [0.5, 0.6) is 0 Å². The Morgan fingerprint density at radius 1 is 1.13 bits per heavy atom. The molecule has 0 atom stereocenters. The average Bonchev–Trinajstić information content (AvgIpc) is 2.26. The Morgan fingerprint density at radius 2 is 1.73 bits per heavy atom. The highest BCUT2D eigenvalue weighted by atomic mass is 16.1. The maximum absolute atomic E-state index is 11.1. The molecule has 0 aromatic heterocycles. The van der Waals surface area contributed by atoms with Crippen molar-refractivity contribution < 1.29 is 4.79 Å². The van der Waals surface area contributed by atoms with Crippen molar-refractivity contribution in [3.63, 3.8) is 0 Å². The maximum Gasteiger partial charge on any atom is 0.127 e. The molecule has 0 N–H and O–H groups in total. The van der Waals surface area contributed by atoms with Crippen LogP contribution >= 0.6 is 0 Å². The van der Waals surface area contributed by atoms with Crippen molar-refractivity contribution in [3.8, 4) is 0 Å². The monoisotopic (exact) mass is 213 g/mol. The normalized spacial score (nSPS) is 12.1. The summed E-state index contributed by atoms with van der Waals surface area (Å²) in [5.41, 5.74) is -0.110. The first-order valence-corrected chi connectivity index (χ1v) is 6.29. The van der Waals surface area contributed by atoms with Gasteiger partial charge in [-0.3, -0.25) is 0 Å². The number of nitrogens with zero attached hydrogens (tertiary/aromatic N) is 1. The SMILES string of the molecule is CCCCCN(C)CC(C=O)(CC)CC. The second kappa shape index (κ2) is 7.86. The third-order valence-corrected chi connectivity index (χ3v) is 3.39. The lowest BCUT2D eigenvalue weighted by molar-refractivity contribution is -0.117. The topological polar surface area (TPSA) is 20.3 Å². The first-order valence-electron chi connectivity index (χ1n) is 6.29. The zero-order valence-electron chi connectivity index (χ0n) is 10.9. The van der Waals surface area contributed by atoms with E-state index < -0.39 is 0 Å². The number of unbranched alkanes of at least 4 members (excludes halogenated alkanes) is 2. The molecule has 0 aliphatic carbocycles. The van der Waals surface area contributed by atoms with Crippen molar-refractivity contribution in [3.05, 3.63) is 0 Å². The molecule has 0 aromatic carbocycles. The fraction of sp³-hybridized carbons (Fsp3) is 0.923. The van der Waals surface area contributed by atoms with Gasteiger partial charge in [0.05, 0.1) is 0 Å². The summed E-state index contributed by atoms with van der Waals surface area (Å²) in [5, 5.41) is 0. The molecule has 0 aliphatic rings. The van der Waals surface area contributed by atoms with E-state index in [1.165, 1.54) is 19.3 Å². The van der Waals surface area contributed by atoms with E-state index in [1.807, 2.05) is 0 Å². The van der Waals surface area contributed by atoms with Gasteiger partial charge in [0.1, 0.15) is 6.29 Å². The van der Waals surface area contributed by atoms with Gasteiger partial charge in [-0.05, 0) is 32.9 Å². The number of rotatable bonds is 9. The van der Waals surface area contributed by atoms with E-state index in [2.05, 4.69) is 32.7 Å². The molecule has 90 valence electrons. The smallest absolute Gasteiger partial charge is 0.127 e. The van der Waals surface area contributed by atoms with Gasteiger partial charge in [0.15, 0.2) is 0 Å². The lowest BCUT2D eigenvalue weighted by atomic mass is 9.83. The van der Waals surface area contributed by atoms with Gasteiger partial charge in [-0.15, -0.1) is 0 Å². The quantitative estimate of drug-likeness (QED) is 0.433. The molecule has 2 nitrogen and oxygen atoms in total. The van der Waals surface area contributed by atoms with Crippen molar-refractivity contribution in [1.82, 2.24) is 4.90 Å². The van der Waals surface area contributed by atoms with Crippen LogP contribution in [0.15, 0.2) is 0 Å². The molecule has 15 heavy (non-hydrogen) atoms. The van der Waals surface area contributed by atoms with Crippen LogP contribution in [-0.2, 0) is 4.79 Å². The van der Waals surface area contributed by atoms with Crippen molar-refractivity contribution >= 4 is 6.29 Å². The van der Waals surface area contributed by atoms with Crippen LogP contribution in [-0.4, -0.2) is 31.3 Å². The molecule has 0 amide bonds. The van der Waals surface area contributed by atoms with E-state index in [-0.39, 0.29) is 5.41 Å². The molecule has 0 spiro atoms. The number of hydrogen-bond acceptors (Lipinski definition) is 2. The zero-order chi connectivity index (χ0) is 11.7. The number of carbonyl (C=O) groups is 1. The molecular weight excluding hydrogens is 186 g/mol. The summed E-state index contributed by atoms with van der Waals surface area (Å²) in [7, 11) is 2.12. The van der Waals surface area contributed by atoms with Crippen LogP contribution in [0.1, 0.15) is 52.9 Å². The molecular formula is C13H27NO. The molecule has 2 heteroatoms. The molecule has 0 saturated heterocycles. The summed E-state index contributed by atoms with van der Waals surface area (Å²) in [5.74, 6) is 0. The van der Waals surface area contributed by atoms with E-state index in [0.29, 0.717) is 0 Å². The van der Waals surface area contributed by atoms with Gasteiger partial charge in [-0.2, -0.15) is 0 Å². The van der Waals surface area contributed by atoms with Crippen LogP contribution in [0.2, 0.25) is 0 Å². The van der Waals surface area contributed by atoms with Crippen LogP contribution in [0.25, 0.3) is 0 Å². The Bertz CT molecular complexity index is 164. The predicted molar refractivity (Wildman–Crippen MR) is 66.1 cm³/mol. The van der Waals surface area contributed by atoms with E-state index in [0.717, 1.165) is 32.2 Å². The molecule has 0 unspecified atom stereocenters. The maximum atomic E-state index is 11.1. The summed E-state index contributed by atoms with van der Waals surface area (Å²) in [4.78, 5) is 13.4. The molecule has 0 fully saturated rings. The number of hydrogen-bond donors (Lipinski definition) is 0. The highest BCUT2D eigenvalue weighted by Gasteiger charge is 2.26. The fourth-order valence-corrected chi connectivity index (χ4v) is 1.93. The average molecular weight is 213 g/mol. The minimum atomic E-state index is -0.110. The van der Waals surface area contributed by atoms with Crippen molar-refractivity contribution in [1.29, 1.82) is 0 Å². The molecule has 0 aliphatic heterocycles. The van der Waals surface area contributed by atoms with Crippen molar-refractivity contribution in [2.75, 3.05) is 20.1 Å². The van der Waals surface area contributed by atoms with Gasteiger partial charge in [-0.25, -0.2) is 0 Å². The first kappa shape index (κ1) is 14.6. The Kier molecular flexibility index (Phi) is 7.67. The predicted octanol–water partition coefficient (Wildman–Crippen LogP) is 3.11. The van der Waals surface area contributed by atoms with Gasteiger partial charge in [-0.1, -0.05) is 33.6 Å². The Morgan fingerprint density at radius 3 is 2.13 bits per heavy atom. The fourth-order valence-electron chi connectivity index (χ4n) is 1.93. The molecule has 0 saturated carbocycles. The second-order valence-corrected chi connectivity index (χ2v) is 4.63. The zero-order valence-corrected chi connectivity index (χ0v) is 10.9. The van der Waals surface area contributed by atoms with Gasteiger partial charge in [0.25, 0.3) is 0 Å². The largest absolute Gasteiger partial charge is 0.305 e. The van der Waals surface area contributed by atoms with Crippen LogP contribution < -0.4 is 0 Å². The van der Waals surface area contributed by atoms with E-state index >= 15 is 0 Å². The Hall–Kier alpha value is -0.370. The Balaban J connectivity index is 3.99. The standard InChI is InChI=1S/C13H27NO/c1-5-8-9-10-14(4)11-13(6-2,7-3)12-15/h12H,5-11H2,1-4H3. The van der Waals surface area contributed by atoms with E-state index in [9.17, 15) is 4.79 Å². The van der Waals surface area contributed by atoms with Crippen LogP contribution in [0, 0.1) is 5.41 Å². The summed E-state index contributed by atoms with van der Waals surface area (Å²) in [6.07, 6.45) is 6.85. The molecule has 0 rings (SSSR count). The van der Waals surface area contributed by atoms with Gasteiger partial charge >= 0.3 is 0 Å². The summed E-state index contributed by atoms with van der Waals surface area (Å²) in [6, 6.07) is 0. The highest BCUT2D eigenvalue weighted by Crippen LogP contribution is 2.24. The van der Waals surface area contributed by atoms with Crippen LogP contribution in [0.3, 0.4) is 0 Å². The number of aldehydes is 1. The summed E-state index contributed by atoms with van der Waals surface area (Å²) in [6.45, 7) is 8.46. The molecule has 0 bridgehead atoms. The highest BCUT2D eigenvalue weighted by molar-refractivity contribution is 5.59. The Labute approximate surface area is 95.0 Å². The third kappa shape index (κ3) is 5.31. The number of carbonyl (C=O) groups excluding carboxylic acids is 1. The minimum Gasteiger partial charge on any atom is -0.305 e. The molecule has 0 radical (unpaired) electrons. The summed E-state index contributed by atoms with van der Waals surface area (Å²) >= 11 is 0. The van der Waals surface area contributed by atoms with Gasteiger partial charge < -0.3 is 9.69 Å². The van der Waals surface area contributed by atoms with Gasteiger partial charge in [0.2, 0.25) is 0 Å². The molecule has 0 heterocycles. The minimum absolute atomic E-state index is 0.110. The third-order valence-electron chi connectivity index (χ3n) is 3.39. The van der Waals surface area contributed by atoms with E-state index in [1.54, 1.807) is 0 Å². The van der Waals surface area contributed by atoms with Gasteiger partial charge in [0, 0.05) is 12.0 Å². The lowest BCUT2D eigenvalue weighted by Gasteiger charge is -2.30. The second-order valence-electron chi connectivity index (χ2n) is 4.63. The van der Waals surface area contributed by atoms with Crippen LogP contribution in [0.4, 0.5) is 0 Å². The lowest BCUT2D eigenvalue weighted by Crippen LogP contribution is -2.36. The first-order chi connectivity index (χ1) is 7.14. The molecule has 0 aromatic rings.